The molecule has 0 aromatic rings. The van der Waals surface area contributed by atoms with E-state index in [1.165, 1.54) is 12.8 Å². The third kappa shape index (κ3) is 5.60. The summed E-state index contributed by atoms with van der Waals surface area (Å²) in [6.07, 6.45) is 6.22. The molecule has 0 amide bonds. The van der Waals surface area contributed by atoms with Crippen molar-refractivity contribution in [1.82, 2.24) is 5.32 Å². The molecule has 0 aromatic carbocycles. The number of hydrogen-bond donors (Lipinski definition) is 2. The molecular weight excluding hydrogens is 244 g/mol. The Kier molecular flexibility index (Phi) is 7.06. The van der Waals surface area contributed by atoms with Gasteiger partial charge in [-0.1, -0.05) is 13.8 Å². The van der Waals surface area contributed by atoms with Gasteiger partial charge in [-0.2, -0.15) is 17.0 Å². The van der Waals surface area contributed by atoms with E-state index in [1.54, 1.807) is 0 Å². The molecule has 1 aliphatic carbocycles. The smallest absolute Gasteiger partial charge is 0.106 e. The van der Waals surface area contributed by atoms with Crippen LogP contribution in [0.5, 0.6) is 0 Å². The monoisotopic (exact) mass is 270 g/mol. The van der Waals surface area contributed by atoms with Crippen molar-refractivity contribution >= 4 is 11.8 Å². The first-order valence-corrected chi connectivity index (χ1v) is 8.12. The third-order valence-electron chi connectivity index (χ3n) is 3.56. The number of thioether (sulfide) groups is 1. The average molecular weight is 270 g/mol. The van der Waals surface area contributed by atoms with Crippen LogP contribution in [0.3, 0.4) is 0 Å². The number of hydrogen-bond acceptors (Lipinski definition) is 4. The van der Waals surface area contributed by atoms with Crippen LogP contribution >= 0.6 is 11.8 Å². The zero-order valence-electron chi connectivity index (χ0n) is 11.6. The van der Waals surface area contributed by atoms with Gasteiger partial charge in [0.25, 0.3) is 0 Å². The summed E-state index contributed by atoms with van der Waals surface area (Å²) in [7, 11) is 0. The lowest BCUT2D eigenvalue weighted by molar-refractivity contribution is 0.289. The van der Waals surface area contributed by atoms with E-state index in [-0.39, 0.29) is 12.1 Å². The summed E-state index contributed by atoms with van der Waals surface area (Å²) in [4.78, 5) is 0. The van der Waals surface area contributed by atoms with Crippen LogP contribution in [-0.2, 0) is 0 Å². The van der Waals surface area contributed by atoms with Crippen molar-refractivity contribution in [2.45, 2.75) is 69.2 Å². The zero-order valence-corrected chi connectivity index (χ0v) is 12.4. The van der Waals surface area contributed by atoms with Crippen LogP contribution in [0.2, 0.25) is 0 Å². The Labute approximate surface area is 115 Å². The summed E-state index contributed by atoms with van der Waals surface area (Å²) >= 11 is 1.90. The summed E-state index contributed by atoms with van der Waals surface area (Å²) in [5.41, 5.74) is -0.304. The largest absolute Gasteiger partial charge is 0.396 e. The van der Waals surface area contributed by atoms with Crippen LogP contribution in [0.25, 0.3) is 0 Å². The minimum Gasteiger partial charge on any atom is -0.396 e. The van der Waals surface area contributed by atoms with Crippen molar-refractivity contribution in [2.75, 3.05) is 12.4 Å². The molecule has 4 heteroatoms. The maximum absolute atomic E-state index is 9.39. The van der Waals surface area contributed by atoms with Crippen LogP contribution in [0.4, 0.5) is 0 Å². The Morgan fingerprint density at radius 3 is 2.78 bits per heavy atom. The Balaban J connectivity index is 2.23. The highest BCUT2D eigenvalue weighted by Crippen LogP contribution is 2.27. The molecule has 1 saturated carbocycles. The summed E-state index contributed by atoms with van der Waals surface area (Å²) < 4.78 is 0. The first-order valence-electron chi connectivity index (χ1n) is 7.07. The molecule has 0 aromatic heterocycles. The molecule has 0 saturated heterocycles. The normalized spacial score (nSPS) is 20.1. The van der Waals surface area contributed by atoms with Crippen molar-refractivity contribution < 1.29 is 5.11 Å². The number of nitrogens with zero attached hydrogens (tertiary/aromatic N) is 1. The number of rotatable bonds is 10. The highest BCUT2D eigenvalue weighted by Gasteiger charge is 2.34. The molecule has 18 heavy (non-hydrogen) atoms. The molecular formula is C14H26N2OS. The number of nitriles is 1. The molecule has 2 unspecified atom stereocenters. The second-order valence-electron chi connectivity index (χ2n) is 5.26. The van der Waals surface area contributed by atoms with E-state index in [0.29, 0.717) is 11.3 Å². The quantitative estimate of drug-likeness (QED) is 0.599. The van der Waals surface area contributed by atoms with Crippen LogP contribution in [-0.4, -0.2) is 34.3 Å². The van der Waals surface area contributed by atoms with E-state index in [2.05, 4.69) is 25.2 Å². The van der Waals surface area contributed by atoms with Crippen LogP contribution in [0.1, 0.15) is 52.4 Å². The van der Waals surface area contributed by atoms with Gasteiger partial charge in [-0.15, -0.1) is 0 Å². The van der Waals surface area contributed by atoms with Gasteiger partial charge in [0, 0.05) is 17.9 Å². The van der Waals surface area contributed by atoms with Crippen molar-refractivity contribution in [2.24, 2.45) is 0 Å². The zero-order chi connectivity index (χ0) is 13.4. The maximum Gasteiger partial charge on any atom is 0.106 e. The summed E-state index contributed by atoms with van der Waals surface area (Å²) in [6.45, 7) is 4.52. The molecule has 1 fully saturated rings. The van der Waals surface area contributed by atoms with Gasteiger partial charge in [0.1, 0.15) is 5.54 Å². The highest BCUT2D eigenvalue weighted by molar-refractivity contribution is 7.99. The van der Waals surface area contributed by atoms with Crippen LogP contribution in [0.15, 0.2) is 0 Å². The highest BCUT2D eigenvalue weighted by atomic mass is 32.2. The van der Waals surface area contributed by atoms with Crippen LogP contribution in [0, 0.1) is 11.3 Å². The van der Waals surface area contributed by atoms with Crippen LogP contribution < -0.4 is 5.32 Å². The van der Waals surface area contributed by atoms with Crippen molar-refractivity contribution in [3.05, 3.63) is 0 Å². The summed E-state index contributed by atoms with van der Waals surface area (Å²) in [5.74, 6) is 1.08. The molecule has 1 aliphatic rings. The molecule has 0 bridgehead atoms. The predicted octanol–water partition coefficient (Wildman–Crippen LogP) is 2.70. The van der Waals surface area contributed by atoms with Crippen molar-refractivity contribution in [3.63, 3.8) is 0 Å². The number of aliphatic hydroxyl groups is 1. The average Bonchev–Trinajstić information content (AvgIpc) is 3.17. The fourth-order valence-corrected chi connectivity index (χ4v) is 3.05. The van der Waals surface area contributed by atoms with E-state index >= 15 is 0 Å². The maximum atomic E-state index is 9.39. The van der Waals surface area contributed by atoms with Gasteiger partial charge in [0.2, 0.25) is 0 Å². The standard InChI is InChI=1S/C14H26N2OS/c1-3-14(11-15,16-13-5-6-13)8-4-10-18-12(2)7-9-17/h12-13,16-17H,3-10H2,1-2H3. The van der Waals surface area contributed by atoms with Gasteiger partial charge in [-0.25, -0.2) is 0 Å². The molecule has 2 N–H and O–H groups in total. The Morgan fingerprint density at radius 2 is 2.28 bits per heavy atom. The van der Waals surface area contributed by atoms with E-state index in [0.717, 1.165) is 31.4 Å². The topological polar surface area (TPSA) is 56.0 Å². The fraction of sp³-hybridized carbons (Fsp3) is 0.929. The van der Waals surface area contributed by atoms with E-state index in [9.17, 15) is 5.26 Å². The predicted molar refractivity (Wildman–Crippen MR) is 77.6 cm³/mol. The van der Waals surface area contributed by atoms with E-state index in [4.69, 9.17) is 5.11 Å². The van der Waals surface area contributed by atoms with E-state index in [1.807, 2.05) is 11.8 Å². The van der Waals surface area contributed by atoms with Crippen molar-refractivity contribution in [1.29, 1.82) is 5.26 Å². The van der Waals surface area contributed by atoms with Gasteiger partial charge in [-0.3, -0.25) is 5.32 Å². The third-order valence-corrected chi connectivity index (χ3v) is 4.89. The lowest BCUT2D eigenvalue weighted by atomic mass is 9.92. The minimum atomic E-state index is -0.304. The summed E-state index contributed by atoms with van der Waals surface area (Å²) in [6, 6.07) is 3.08. The van der Waals surface area contributed by atoms with Gasteiger partial charge in [0.05, 0.1) is 6.07 Å². The molecule has 0 spiro atoms. The van der Waals surface area contributed by atoms with Gasteiger partial charge < -0.3 is 5.11 Å². The van der Waals surface area contributed by atoms with Crippen molar-refractivity contribution in [3.8, 4) is 6.07 Å². The summed E-state index contributed by atoms with van der Waals surface area (Å²) in [5, 5.41) is 22.3. The van der Waals surface area contributed by atoms with Gasteiger partial charge in [-0.05, 0) is 44.3 Å². The Bertz CT molecular complexity index is 275. The Hall–Kier alpha value is -0.240. The molecule has 104 valence electrons. The second-order valence-corrected chi connectivity index (χ2v) is 6.81. The lowest BCUT2D eigenvalue weighted by Crippen LogP contribution is -2.44. The number of nitrogens with one attached hydrogen (secondary N) is 1. The minimum absolute atomic E-state index is 0.272. The Morgan fingerprint density at radius 1 is 1.56 bits per heavy atom. The SMILES string of the molecule is CCC(C#N)(CCCSC(C)CCO)NC1CC1. The molecule has 0 aliphatic heterocycles. The molecule has 0 radical (unpaired) electrons. The first-order chi connectivity index (χ1) is 8.65. The second kappa shape index (κ2) is 8.04. The molecule has 0 heterocycles. The molecule has 2 atom stereocenters. The van der Waals surface area contributed by atoms with Gasteiger partial charge in [0.15, 0.2) is 0 Å². The molecule has 1 rings (SSSR count). The fourth-order valence-electron chi connectivity index (χ4n) is 2.06. The molecule has 3 nitrogen and oxygen atoms in total. The lowest BCUT2D eigenvalue weighted by Gasteiger charge is -2.26. The van der Waals surface area contributed by atoms with E-state index < -0.39 is 0 Å². The van der Waals surface area contributed by atoms with Gasteiger partial charge >= 0.3 is 0 Å². The number of aliphatic hydroxyl groups excluding tert-OH is 1. The first kappa shape index (κ1) is 15.8.